The van der Waals surface area contributed by atoms with E-state index >= 15 is 0 Å². The predicted molar refractivity (Wildman–Crippen MR) is 89.3 cm³/mol. The number of piperidine rings is 1. The molecule has 1 fully saturated rings. The van der Waals surface area contributed by atoms with Crippen LogP contribution in [0.15, 0.2) is 23.1 Å². The van der Waals surface area contributed by atoms with Gasteiger partial charge in [0.15, 0.2) is 0 Å². The van der Waals surface area contributed by atoms with Crippen LogP contribution in [0.5, 0.6) is 0 Å². The molecule has 1 aromatic carbocycles. The molecule has 134 valence electrons. The summed E-state index contributed by atoms with van der Waals surface area (Å²) in [4.78, 5) is 11.3. The lowest BCUT2D eigenvalue weighted by Crippen LogP contribution is -2.49. The largest absolute Gasteiger partial charge is 0.354 e. The fourth-order valence-corrected chi connectivity index (χ4v) is 4.72. The van der Waals surface area contributed by atoms with Crippen molar-refractivity contribution in [2.75, 3.05) is 19.6 Å². The van der Waals surface area contributed by atoms with Gasteiger partial charge in [-0.15, -0.1) is 0 Å². The molecule has 6 nitrogen and oxygen atoms in total. The molecule has 1 aliphatic heterocycles. The highest BCUT2D eigenvalue weighted by Gasteiger charge is 2.35. The lowest BCUT2D eigenvalue weighted by Gasteiger charge is -2.34. The molecule has 3 N–H and O–H groups in total. The van der Waals surface area contributed by atoms with E-state index < -0.39 is 15.8 Å². The number of amides is 1. The molecule has 1 aromatic rings. The second kappa shape index (κ2) is 8.04. The van der Waals surface area contributed by atoms with E-state index in [1.807, 2.05) is 0 Å². The minimum Gasteiger partial charge on any atom is -0.354 e. The summed E-state index contributed by atoms with van der Waals surface area (Å²) in [5.41, 5.74) is 6.01. The molecular formula is C16H24FN3O3S. The quantitative estimate of drug-likeness (QED) is 0.799. The maximum Gasteiger partial charge on any atom is 0.246 e. The maximum atomic E-state index is 14.1. The number of carbonyl (C=O) groups is 1. The van der Waals surface area contributed by atoms with Crippen molar-refractivity contribution in [1.82, 2.24) is 9.62 Å². The minimum atomic E-state index is -3.94. The van der Waals surface area contributed by atoms with Crippen LogP contribution in [0.3, 0.4) is 0 Å². The molecule has 0 aromatic heterocycles. The number of halogens is 1. The average Bonchev–Trinajstić information content (AvgIpc) is 2.55. The van der Waals surface area contributed by atoms with Crippen molar-refractivity contribution < 1.29 is 17.6 Å². The Morgan fingerprint density at radius 1 is 1.42 bits per heavy atom. The Bertz CT molecular complexity index is 694. The number of benzene rings is 1. The van der Waals surface area contributed by atoms with Gasteiger partial charge in [-0.1, -0.05) is 12.5 Å². The van der Waals surface area contributed by atoms with E-state index in [0.717, 1.165) is 12.8 Å². The van der Waals surface area contributed by atoms with Crippen LogP contribution in [0.4, 0.5) is 4.39 Å². The molecule has 1 saturated heterocycles. The molecule has 24 heavy (non-hydrogen) atoms. The first-order valence-electron chi connectivity index (χ1n) is 8.11. The Hall–Kier alpha value is -1.51. The molecule has 0 radical (unpaired) electrons. The van der Waals surface area contributed by atoms with Crippen molar-refractivity contribution in [3.8, 4) is 0 Å². The summed E-state index contributed by atoms with van der Waals surface area (Å²) in [6, 6.07) is 3.69. The molecule has 1 atom stereocenters. The predicted octanol–water partition coefficient (Wildman–Crippen LogP) is 1.14. The van der Waals surface area contributed by atoms with Crippen LogP contribution in [0.25, 0.3) is 0 Å². The topological polar surface area (TPSA) is 92.5 Å². The second-order valence-electron chi connectivity index (χ2n) is 6.04. The van der Waals surface area contributed by atoms with Crippen LogP contribution in [-0.2, 0) is 14.8 Å². The Morgan fingerprint density at radius 3 is 2.88 bits per heavy atom. The Kier molecular flexibility index (Phi) is 6.31. The summed E-state index contributed by atoms with van der Waals surface area (Å²) in [5, 5.41) is 2.71. The number of nitrogens with one attached hydrogen (secondary N) is 1. The molecule has 0 spiro atoms. The summed E-state index contributed by atoms with van der Waals surface area (Å²) in [7, 11) is -3.94. The van der Waals surface area contributed by atoms with Crippen LogP contribution in [0.2, 0.25) is 0 Å². The highest BCUT2D eigenvalue weighted by Crippen LogP contribution is 2.27. The van der Waals surface area contributed by atoms with E-state index in [1.165, 1.54) is 22.5 Å². The summed E-state index contributed by atoms with van der Waals surface area (Å²) < 4.78 is 41.2. The van der Waals surface area contributed by atoms with Crippen molar-refractivity contribution in [3.05, 3.63) is 29.6 Å². The van der Waals surface area contributed by atoms with Crippen LogP contribution in [-0.4, -0.2) is 44.3 Å². The SMILES string of the molecule is Cc1ccc(F)c(S(=O)(=O)N2CCCCC2CNC(=O)CCN)c1. The number of nitrogens with zero attached hydrogens (tertiary/aromatic N) is 1. The fourth-order valence-electron chi connectivity index (χ4n) is 2.88. The zero-order valence-corrected chi connectivity index (χ0v) is 14.6. The van der Waals surface area contributed by atoms with Crippen LogP contribution >= 0.6 is 0 Å². The number of nitrogens with two attached hydrogens (primary N) is 1. The first kappa shape index (κ1) is 18.8. The van der Waals surface area contributed by atoms with Gasteiger partial charge in [-0.05, 0) is 37.5 Å². The van der Waals surface area contributed by atoms with Gasteiger partial charge in [0.2, 0.25) is 15.9 Å². The van der Waals surface area contributed by atoms with Gasteiger partial charge in [0, 0.05) is 32.1 Å². The van der Waals surface area contributed by atoms with Gasteiger partial charge in [-0.25, -0.2) is 12.8 Å². The first-order chi connectivity index (χ1) is 11.4. The van der Waals surface area contributed by atoms with Gasteiger partial charge in [0.05, 0.1) is 0 Å². The molecule has 0 bridgehead atoms. The molecule has 1 aliphatic rings. The summed E-state index contributed by atoms with van der Waals surface area (Å²) in [6.07, 6.45) is 2.43. The van der Waals surface area contributed by atoms with E-state index in [9.17, 15) is 17.6 Å². The van der Waals surface area contributed by atoms with Gasteiger partial charge in [0.25, 0.3) is 0 Å². The number of hydrogen-bond acceptors (Lipinski definition) is 4. The third-order valence-corrected chi connectivity index (χ3v) is 6.12. The van der Waals surface area contributed by atoms with Crippen molar-refractivity contribution >= 4 is 15.9 Å². The van der Waals surface area contributed by atoms with Gasteiger partial charge >= 0.3 is 0 Å². The van der Waals surface area contributed by atoms with E-state index in [2.05, 4.69) is 5.32 Å². The van der Waals surface area contributed by atoms with Gasteiger partial charge < -0.3 is 11.1 Å². The molecule has 1 unspecified atom stereocenters. The lowest BCUT2D eigenvalue weighted by molar-refractivity contribution is -0.121. The zero-order valence-electron chi connectivity index (χ0n) is 13.8. The maximum absolute atomic E-state index is 14.1. The second-order valence-corrected chi connectivity index (χ2v) is 7.90. The van der Waals surface area contributed by atoms with Gasteiger partial charge in [-0.2, -0.15) is 4.31 Å². The molecule has 8 heteroatoms. The Morgan fingerprint density at radius 2 is 2.17 bits per heavy atom. The molecule has 0 aliphatic carbocycles. The van der Waals surface area contributed by atoms with Crippen molar-refractivity contribution in [2.24, 2.45) is 5.73 Å². The summed E-state index contributed by atoms with van der Waals surface area (Å²) in [5.74, 6) is -0.959. The lowest BCUT2D eigenvalue weighted by atomic mass is 10.1. The van der Waals surface area contributed by atoms with Crippen LogP contribution < -0.4 is 11.1 Å². The van der Waals surface area contributed by atoms with Crippen molar-refractivity contribution in [1.29, 1.82) is 0 Å². The summed E-state index contributed by atoms with van der Waals surface area (Å²) in [6.45, 7) is 2.50. The molecule has 0 saturated carbocycles. The molecule has 1 amide bonds. The number of aryl methyl sites for hydroxylation is 1. The van der Waals surface area contributed by atoms with Crippen LogP contribution in [0.1, 0.15) is 31.2 Å². The monoisotopic (exact) mass is 357 g/mol. The van der Waals surface area contributed by atoms with Gasteiger partial charge in [-0.3, -0.25) is 4.79 Å². The van der Waals surface area contributed by atoms with E-state index in [0.29, 0.717) is 18.5 Å². The van der Waals surface area contributed by atoms with E-state index in [-0.39, 0.29) is 36.4 Å². The third-order valence-electron chi connectivity index (χ3n) is 4.15. The standard InChI is InChI=1S/C16H24FN3O3S/c1-12-5-6-14(17)15(10-12)24(22,23)20-9-3-2-4-13(20)11-19-16(21)7-8-18/h5-6,10,13H,2-4,7-9,11,18H2,1H3,(H,19,21). The first-order valence-corrected chi connectivity index (χ1v) is 9.55. The van der Waals surface area contributed by atoms with E-state index in [1.54, 1.807) is 6.92 Å². The van der Waals surface area contributed by atoms with E-state index in [4.69, 9.17) is 5.73 Å². The molecular weight excluding hydrogens is 333 g/mol. The average molecular weight is 357 g/mol. The number of sulfonamides is 1. The fraction of sp³-hybridized carbons (Fsp3) is 0.562. The van der Waals surface area contributed by atoms with Gasteiger partial charge in [0.1, 0.15) is 10.7 Å². The van der Waals surface area contributed by atoms with Crippen molar-refractivity contribution in [3.63, 3.8) is 0 Å². The number of hydrogen-bond donors (Lipinski definition) is 2. The highest BCUT2D eigenvalue weighted by molar-refractivity contribution is 7.89. The molecule has 1 heterocycles. The smallest absolute Gasteiger partial charge is 0.246 e. The zero-order chi connectivity index (χ0) is 17.7. The number of carbonyl (C=O) groups excluding carboxylic acids is 1. The normalized spacial score (nSPS) is 19.2. The summed E-state index contributed by atoms with van der Waals surface area (Å²) >= 11 is 0. The highest BCUT2D eigenvalue weighted by atomic mass is 32.2. The van der Waals surface area contributed by atoms with Crippen molar-refractivity contribution in [2.45, 2.75) is 43.5 Å². The minimum absolute atomic E-state index is 0.200. The molecule has 2 rings (SSSR count). The number of rotatable bonds is 6. The van der Waals surface area contributed by atoms with Crippen LogP contribution in [0, 0.1) is 12.7 Å². The third kappa shape index (κ3) is 4.31. The Labute approximate surface area is 142 Å². The Balaban J connectivity index is 2.22.